The van der Waals surface area contributed by atoms with Crippen molar-refractivity contribution in [2.24, 2.45) is 0 Å². The molecule has 1 fully saturated rings. The summed E-state index contributed by atoms with van der Waals surface area (Å²) < 4.78 is 0. The summed E-state index contributed by atoms with van der Waals surface area (Å²) in [5.74, 6) is -0.455. The Balaban J connectivity index is 1.58. The number of nitro benzene ring substituents is 1. The molecule has 1 aliphatic rings. The molecule has 1 aliphatic heterocycles. The summed E-state index contributed by atoms with van der Waals surface area (Å²) in [6.45, 7) is 2.93. The molecule has 0 spiro atoms. The second-order valence-corrected chi connectivity index (χ2v) is 8.03. The lowest BCUT2D eigenvalue weighted by atomic mass is 10.1. The largest absolute Gasteiger partial charge is 0.393 e. The van der Waals surface area contributed by atoms with Crippen LogP contribution in [0.4, 0.5) is 5.69 Å². The van der Waals surface area contributed by atoms with Crippen LogP contribution in [0.5, 0.6) is 0 Å². The zero-order valence-electron chi connectivity index (χ0n) is 16.3. The summed E-state index contributed by atoms with van der Waals surface area (Å²) in [5.41, 5.74) is 1.99. The quantitative estimate of drug-likeness (QED) is 0.410. The average Bonchev–Trinajstić information content (AvgIpc) is 2.74. The molecule has 0 unspecified atom stereocenters. The second kappa shape index (κ2) is 9.87. The first-order valence-electron chi connectivity index (χ1n) is 9.55. The highest BCUT2D eigenvalue weighted by molar-refractivity contribution is 7.98. The van der Waals surface area contributed by atoms with Gasteiger partial charge >= 0.3 is 0 Å². The number of benzene rings is 2. The van der Waals surface area contributed by atoms with E-state index in [2.05, 4.69) is 10.2 Å². The number of nitro groups is 1. The number of thioether (sulfide) groups is 1. The number of piperidine rings is 1. The monoisotopic (exact) mass is 415 g/mol. The fourth-order valence-electron chi connectivity index (χ4n) is 3.36. The van der Waals surface area contributed by atoms with Crippen LogP contribution in [-0.4, -0.2) is 46.3 Å². The van der Waals surface area contributed by atoms with Crippen molar-refractivity contribution < 1.29 is 14.8 Å². The predicted molar refractivity (Wildman–Crippen MR) is 113 cm³/mol. The van der Waals surface area contributed by atoms with Gasteiger partial charge in [-0.25, -0.2) is 0 Å². The van der Waals surface area contributed by atoms with E-state index >= 15 is 0 Å². The smallest absolute Gasteiger partial charge is 0.282 e. The van der Waals surface area contributed by atoms with Crippen LogP contribution < -0.4 is 5.32 Å². The van der Waals surface area contributed by atoms with E-state index < -0.39 is 10.8 Å². The van der Waals surface area contributed by atoms with Gasteiger partial charge in [-0.05, 0) is 42.4 Å². The van der Waals surface area contributed by atoms with Gasteiger partial charge in [-0.3, -0.25) is 19.8 Å². The van der Waals surface area contributed by atoms with E-state index in [1.807, 2.05) is 30.5 Å². The van der Waals surface area contributed by atoms with Gasteiger partial charge in [0.25, 0.3) is 11.6 Å². The molecule has 7 nitrogen and oxygen atoms in total. The van der Waals surface area contributed by atoms with E-state index in [0.29, 0.717) is 6.54 Å². The van der Waals surface area contributed by atoms with Gasteiger partial charge in [0.05, 0.1) is 11.0 Å². The highest BCUT2D eigenvalue weighted by Crippen LogP contribution is 2.25. The summed E-state index contributed by atoms with van der Waals surface area (Å²) in [4.78, 5) is 26.3. The summed E-state index contributed by atoms with van der Waals surface area (Å²) >= 11 is 1.43. The maximum atomic E-state index is 12.5. The Morgan fingerprint density at radius 1 is 1.21 bits per heavy atom. The van der Waals surface area contributed by atoms with Crippen LogP contribution in [-0.2, 0) is 13.1 Å². The van der Waals surface area contributed by atoms with Crippen molar-refractivity contribution in [1.82, 2.24) is 10.2 Å². The molecular weight excluding hydrogens is 390 g/mol. The lowest BCUT2D eigenvalue weighted by Gasteiger charge is -2.29. The molecule has 29 heavy (non-hydrogen) atoms. The molecule has 0 aromatic heterocycles. The first-order valence-corrected chi connectivity index (χ1v) is 10.8. The van der Waals surface area contributed by atoms with Crippen LogP contribution in [0.3, 0.4) is 0 Å². The van der Waals surface area contributed by atoms with Gasteiger partial charge < -0.3 is 10.4 Å². The maximum Gasteiger partial charge on any atom is 0.282 e. The van der Waals surface area contributed by atoms with Gasteiger partial charge in [0, 0.05) is 37.1 Å². The van der Waals surface area contributed by atoms with Crippen molar-refractivity contribution in [3.05, 3.63) is 69.3 Å². The van der Waals surface area contributed by atoms with E-state index in [-0.39, 0.29) is 17.4 Å². The standard InChI is InChI=1S/C21H25N3O4S/c1-29-18-6-7-20(24(27)28)19(12-18)21(26)22-13-15-2-4-16(5-3-15)14-23-10-8-17(25)9-11-23/h2-7,12,17,25H,8-11,13-14H2,1H3,(H,22,26). The van der Waals surface area contributed by atoms with Crippen LogP contribution in [0.15, 0.2) is 47.4 Å². The molecule has 0 atom stereocenters. The topological polar surface area (TPSA) is 95.7 Å². The zero-order valence-corrected chi connectivity index (χ0v) is 17.2. The third-order valence-corrected chi connectivity index (χ3v) is 5.81. The third kappa shape index (κ3) is 5.79. The normalized spacial score (nSPS) is 15.2. The number of likely N-dealkylation sites (tertiary alicyclic amines) is 1. The van der Waals surface area contributed by atoms with E-state index in [1.54, 1.807) is 12.1 Å². The van der Waals surface area contributed by atoms with Gasteiger partial charge in [0.1, 0.15) is 5.56 Å². The maximum absolute atomic E-state index is 12.5. The minimum Gasteiger partial charge on any atom is -0.393 e. The highest BCUT2D eigenvalue weighted by atomic mass is 32.2. The number of hydrogen-bond acceptors (Lipinski definition) is 6. The minimum atomic E-state index is -0.534. The Labute approximate surface area is 174 Å². The molecule has 2 N–H and O–H groups in total. The van der Waals surface area contributed by atoms with Crippen molar-refractivity contribution >= 4 is 23.4 Å². The SMILES string of the molecule is CSc1ccc([N+](=O)[O-])c(C(=O)NCc2ccc(CN3CCC(O)CC3)cc2)c1. The molecule has 8 heteroatoms. The lowest BCUT2D eigenvalue weighted by Crippen LogP contribution is -2.35. The second-order valence-electron chi connectivity index (χ2n) is 7.15. The van der Waals surface area contributed by atoms with Crippen LogP contribution in [0.25, 0.3) is 0 Å². The van der Waals surface area contributed by atoms with Gasteiger partial charge in [0.15, 0.2) is 0 Å². The van der Waals surface area contributed by atoms with Gasteiger partial charge in [-0.15, -0.1) is 11.8 Å². The number of hydrogen-bond donors (Lipinski definition) is 2. The lowest BCUT2D eigenvalue weighted by molar-refractivity contribution is -0.385. The van der Waals surface area contributed by atoms with Crippen molar-refractivity contribution in [2.75, 3.05) is 19.3 Å². The number of rotatable bonds is 7. The van der Waals surface area contributed by atoms with Crippen LogP contribution in [0.1, 0.15) is 34.3 Å². The predicted octanol–water partition coefficient (Wildman–Crippen LogP) is 3.20. The highest BCUT2D eigenvalue weighted by Gasteiger charge is 2.20. The van der Waals surface area contributed by atoms with Gasteiger partial charge in [-0.2, -0.15) is 0 Å². The number of aliphatic hydroxyl groups is 1. The van der Waals surface area contributed by atoms with E-state index in [9.17, 15) is 20.0 Å². The van der Waals surface area contributed by atoms with E-state index in [1.165, 1.54) is 23.4 Å². The number of nitrogens with zero attached hydrogens (tertiary/aromatic N) is 2. The number of amides is 1. The molecule has 0 radical (unpaired) electrons. The Morgan fingerprint density at radius 3 is 2.48 bits per heavy atom. The van der Waals surface area contributed by atoms with E-state index in [4.69, 9.17) is 0 Å². The molecule has 2 aromatic rings. The molecule has 3 rings (SSSR count). The summed E-state index contributed by atoms with van der Waals surface area (Å²) in [5, 5.41) is 23.6. The summed E-state index contributed by atoms with van der Waals surface area (Å²) in [7, 11) is 0. The molecule has 0 saturated carbocycles. The number of nitrogens with one attached hydrogen (secondary N) is 1. The van der Waals surface area contributed by atoms with Crippen LogP contribution in [0, 0.1) is 10.1 Å². The third-order valence-electron chi connectivity index (χ3n) is 5.08. The van der Waals surface area contributed by atoms with Crippen LogP contribution in [0.2, 0.25) is 0 Å². The molecule has 154 valence electrons. The molecule has 2 aromatic carbocycles. The first kappa shape index (κ1) is 21.3. The minimum absolute atomic E-state index is 0.0748. The summed E-state index contributed by atoms with van der Waals surface area (Å²) in [6.07, 6.45) is 3.31. The number of carbonyl (C=O) groups excluding carboxylic acids is 1. The number of carbonyl (C=O) groups is 1. The Kier molecular flexibility index (Phi) is 7.24. The fraction of sp³-hybridized carbons (Fsp3) is 0.381. The van der Waals surface area contributed by atoms with Crippen molar-refractivity contribution in [3.63, 3.8) is 0 Å². The van der Waals surface area contributed by atoms with Crippen molar-refractivity contribution in [2.45, 2.75) is 36.9 Å². The Bertz CT molecular complexity index is 865. The zero-order chi connectivity index (χ0) is 20.8. The fourth-order valence-corrected chi connectivity index (χ4v) is 3.80. The molecule has 0 bridgehead atoms. The Hall–Kier alpha value is -2.42. The van der Waals surface area contributed by atoms with E-state index in [0.717, 1.165) is 42.9 Å². The van der Waals surface area contributed by atoms with Crippen LogP contribution >= 0.6 is 11.8 Å². The summed E-state index contributed by atoms with van der Waals surface area (Å²) in [6, 6.07) is 12.5. The molecule has 1 heterocycles. The average molecular weight is 416 g/mol. The first-order chi connectivity index (χ1) is 14.0. The van der Waals surface area contributed by atoms with Gasteiger partial charge in [0.2, 0.25) is 0 Å². The van der Waals surface area contributed by atoms with Gasteiger partial charge in [-0.1, -0.05) is 24.3 Å². The molecular formula is C21H25N3O4S. The van der Waals surface area contributed by atoms with Crippen molar-refractivity contribution in [3.8, 4) is 0 Å². The van der Waals surface area contributed by atoms with Crippen molar-refractivity contribution in [1.29, 1.82) is 0 Å². The molecule has 1 amide bonds. The number of aliphatic hydroxyl groups excluding tert-OH is 1. The molecule has 0 aliphatic carbocycles. The Morgan fingerprint density at radius 2 is 1.86 bits per heavy atom. The molecule has 1 saturated heterocycles.